The Kier molecular flexibility index (Phi) is 4.80. The van der Waals surface area contributed by atoms with Gasteiger partial charge < -0.3 is 11.1 Å². The van der Waals surface area contributed by atoms with Gasteiger partial charge in [0, 0.05) is 6.54 Å². The van der Waals surface area contributed by atoms with Crippen LogP contribution in [-0.4, -0.2) is 12.1 Å². The molecule has 0 fully saturated rings. The maximum atomic E-state index is 13.8. The molecule has 0 aromatic heterocycles. The number of rotatable bonds is 5. The fourth-order valence-corrected chi connectivity index (χ4v) is 2.31. The first kappa shape index (κ1) is 15.7. The molecule has 0 bridgehead atoms. The van der Waals surface area contributed by atoms with E-state index in [1.807, 2.05) is 6.92 Å². The molecule has 0 aliphatic carbocycles. The summed E-state index contributed by atoms with van der Waals surface area (Å²) >= 11 is 6.05. The number of anilines is 1. The van der Waals surface area contributed by atoms with E-state index in [0.717, 1.165) is 0 Å². The predicted molar refractivity (Wildman–Crippen MR) is 82.6 cm³/mol. The summed E-state index contributed by atoms with van der Waals surface area (Å²) < 4.78 is 27.1. The number of nitrogens with two attached hydrogens (primary N) is 1. The molecule has 0 heterocycles. The number of halogens is 3. The van der Waals surface area contributed by atoms with E-state index in [4.69, 9.17) is 17.3 Å². The Morgan fingerprint density at radius 1 is 1.19 bits per heavy atom. The summed E-state index contributed by atoms with van der Waals surface area (Å²) in [7, 11) is 0. The molecular formula is C16H17ClF2N2. The van der Waals surface area contributed by atoms with Crippen molar-refractivity contribution < 1.29 is 8.78 Å². The molecule has 0 radical (unpaired) electrons. The van der Waals surface area contributed by atoms with Gasteiger partial charge in [0.25, 0.3) is 0 Å². The number of benzene rings is 2. The largest absolute Gasteiger partial charge is 0.377 e. The van der Waals surface area contributed by atoms with Crippen LogP contribution >= 0.6 is 11.6 Å². The molecule has 0 spiro atoms. The van der Waals surface area contributed by atoms with Gasteiger partial charge in [0.1, 0.15) is 11.6 Å². The van der Waals surface area contributed by atoms with Gasteiger partial charge in [0.2, 0.25) is 0 Å². The van der Waals surface area contributed by atoms with Crippen LogP contribution < -0.4 is 11.1 Å². The fraction of sp³-hybridized carbons (Fsp3) is 0.250. The lowest BCUT2D eigenvalue weighted by molar-refractivity contribution is 0.501. The molecule has 0 aliphatic heterocycles. The van der Waals surface area contributed by atoms with Crippen LogP contribution in [0.5, 0.6) is 0 Å². The van der Waals surface area contributed by atoms with E-state index >= 15 is 0 Å². The Bertz CT molecular complexity index is 633. The van der Waals surface area contributed by atoms with E-state index in [0.29, 0.717) is 22.7 Å². The summed E-state index contributed by atoms with van der Waals surface area (Å²) in [5.74, 6) is -0.684. The average molecular weight is 311 g/mol. The van der Waals surface area contributed by atoms with Crippen LogP contribution in [0, 0.1) is 11.6 Å². The third kappa shape index (κ3) is 3.93. The second-order valence-electron chi connectivity index (χ2n) is 5.28. The predicted octanol–water partition coefficient (Wildman–Crippen LogP) is 3.99. The van der Waals surface area contributed by atoms with Gasteiger partial charge in [0.15, 0.2) is 0 Å². The maximum absolute atomic E-state index is 13.8. The quantitative estimate of drug-likeness (QED) is 0.876. The Balaban J connectivity index is 2.25. The van der Waals surface area contributed by atoms with Gasteiger partial charge in [-0.25, -0.2) is 8.78 Å². The van der Waals surface area contributed by atoms with Crippen LogP contribution in [0.1, 0.15) is 12.5 Å². The number of hydrogen-bond acceptors (Lipinski definition) is 2. The van der Waals surface area contributed by atoms with Crippen molar-refractivity contribution in [2.45, 2.75) is 18.9 Å². The Morgan fingerprint density at radius 2 is 1.90 bits per heavy atom. The summed E-state index contributed by atoms with van der Waals surface area (Å²) in [6.45, 7) is 2.09. The van der Waals surface area contributed by atoms with Gasteiger partial charge in [0.05, 0.1) is 16.2 Å². The van der Waals surface area contributed by atoms with E-state index in [-0.39, 0.29) is 12.4 Å². The molecule has 1 unspecified atom stereocenters. The molecule has 0 saturated carbocycles. The second-order valence-corrected chi connectivity index (χ2v) is 5.69. The number of nitrogens with one attached hydrogen (secondary N) is 1. The van der Waals surface area contributed by atoms with Crippen LogP contribution in [0.2, 0.25) is 5.02 Å². The minimum absolute atomic E-state index is 0.244. The van der Waals surface area contributed by atoms with Crippen LogP contribution in [0.15, 0.2) is 42.5 Å². The Labute approximate surface area is 127 Å². The molecule has 0 aliphatic rings. The van der Waals surface area contributed by atoms with Crippen molar-refractivity contribution in [3.8, 4) is 0 Å². The van der Waals surface area contributed by atoms with Gasteiger partial charge in [-0.3, -0.25) is 0 Å². The van der Waals surface area contributed by atoms with Crippen molar-refractivity contribution in [3.05, 3.63) is 64.7 Å². The highest BCUT2D eigenvalue weighted by Gasteiger charge is 2.25. The third-order valence-corrected chi connectivity index (χ3v) is 3.68. The van der Waals surface area contributed by atoms with Crippen molar-refractivity contribution >= 4 is 17.3 Å². The molecule has 3 N–H and O–H groups in total. The number of hydrogen-bond donors (Lipinski definition) is 2. The minimum Gasteiger partial charge on any atom is -0.377 e. The monoisotopic (exact) mass is 310 g/mol. The normalized spacial score (nSPS) is 13.8. The van der Waals surface area contributed by atoms with Crippen LogP contribution in [-0.2, 0) is 6.42 Å². The summed E-state index contributed by atoms with van der Waals surface area (Å²) in [5, 5.41) is 3.52. The highest BCUT2D eigenvalue weighted by Crippen LogP contribution is 2.27. The summed E-state index contributed by atoms with van der Waals surface area (Å²) in [6.07, 6.45) is 0.364. The van der Waals surface area contributed by atoms with Gasteiger partial charge in [-0.2, -0.15) is 0 Å². The van der Waals surface area contributed by atoms with Crippen LogP contribution in [0.3, 0.4) is 0 Å². The molecule has 5 heteroatoms. The van der Waals surface area contributed by atoms with Gasteiger partial charge >= 0.3 is 0 Å². The maximum Gasteiger partial charge on any atom is 0.126 e. The van der Waals surface area contributed by atoms with Crippen LogP contribution in [0.4, 0.5) is 14.5 Å². The molecule has 2 aromatic carbocycles. The first-order chi connectivity index (χ1) is 9.93. The lowest BCUT2D eigenvalue weighted by Gasteiger charge is -2.31. The van der Waals surface area contributed by atoms with Crippen molar-refractivity contribution in [2.75, 3.05) is 11.9 Å². The Hall–Kier alpha value is -1.65. The Morgan fingerprint density at radius 3 is 2.57 bits per heavy atom. The van der Waals surface area contributed by atoms with Gasteiger partial charge in [-0.05, 0) is 43.2 Å². The fourth-order valence-electron chi connectivity index (χ4n) is 2.15. The van der Waals surface area contributed by atoms with E-state index in [1.54, 1.807) is 18.2 Å². The zero-order valence-corrected chi connectivity index (χ0v) is 12.4. The van der Waals surface area contributed by atoms with Crippen molar-refractivity contribution in [2.24, 2.45) is 5.73 Å². The first-order valence-corrected chi connectivity index (χ1v) is 6.98. The van der Waals surface area contributed by atoms with Crippen molar-refractivity contribution in [1.82, 2.24) is 0 Å². The zero-order valence-electron chi connectivity index (χ0n) is 11.7. The van der Waals surface area contributed by atoms with E-state index in [9.17, 15) is 8.78 Å². The molecule has 1 atom stereocenters. The highest BCUT2D eigenvalue weighted by atomic mass is 35.5. The topological polar surface area (TPSA) is 38.0 Å². The van der Waals surface area contributed by atoms with Crippen LogP contribution in [0.25, 0.3) is 0 Å². The van der Waals surface area contributed by atoms with Gasteiger partial charge in [-0.1, -0.05) is 29.8 Å². The minimum atomic E-state index is -0.639. The van der Waals surface area contributed by atoms with Crippen molar-refractivity contribution in [3.63, 3.8) is 0 Å². The van der Waals surface area contributed by atoms with E-state index < -0.39 is 11.4 Å². The molecule has 112 valence electrons. The molecule has 0 amide bonds. The molecular weight excluding hydrogens is 294 g/mol. The second kappa shape index (κ2) is 6.41. The molecule has 2 rings (SSSR count). The summed E-state index contributed by atoms with van der Waals surface area (Å²) in [5.41, 5.74) is 6.17. The first-order valence-electron chi connectivity index (χ1n) is 6.60. The van der Waals surface area contributed by atoms with Crippen molar-refractivity contribution in [1.29, 1.82) is 0 Å². The molecule has 0 saturated heterocycles. The molecule has 2 aromatic rings. The van der Waals surface area contributed by atoms with E-state index in [2.05, 4.69) is 5.32 Å². The lowest BCUT2D eigenvalue weighted by atomic mass is 9.92. The average Bonchev–Trinajstić information content (AvgIpc) is 2.45. The zero-order chi connectivity index (χ0) is 15.5. The SMILES string of the molecule is CC(CN)(Cc1ccccc1F)Nc1cc(F)ccc1Cl. The summed E-state index contributed by atoms with van der Waals surface area (Å²) in [6, 6.07) is 10.6. The summed E-state index contributed by atoms with van der Waals surface area (Å²) in [4.78, 5) is 0. The standard InChI is InChI=1S/C16H17ClF2N2/c1-16(10-20,9-11-4-2-3-5-14(11)19)21-15-8-12(18)6-7-13(15)17/h2-8,21H,9-10,20H2,1H3. The molecule has 2 nitrogen and oxygen atoms in total. The third-order valence-electron chi connectivity index (χ3n) is 3.35. The molecule has 21 heavy (non-hydrogen) atoms. The highest BCUT2D eigenvalue weighted by molar-refractivity contribution is 6.33. The lowest BCUT2D eigenvalue weighted by Crippen LogP contribution is -2.44. The smallest absolute Gasteiger partial charge is 0.126 e. The van der Waals surface area contributed by atoms with E-state index in [1.165, 1.54) is 24.3 Å². The van der Waals surface area contributed by atoms with Gasteiger partial charge in [-0.15, -0.1) is 0 Å².